The van der Waals surface area contributed by atoms with Crippen LogP contribution >= 0.6 is 0 Å². The Bertz CT molecular complexity index is 645. The molecule has 0 aromatic carbocycles. The minimum atomic E-state index is -0.282. The van der Waals surface area contributed by atoms with Crippen LogP contribution < -0.4 is 22.7 Å². The molecule has 0 saturated carbocycles. The lowest BCUT2D eigenvalue weighted by Crippen LogP contribution is -2.30. The van der Waals surface area contributed by atoms with Crippen molar-refractivity contribution in [2.45, 2.75) is 6.92 Å². The zero-order valence-electron chi connectivity index (χ0n) is 9.21. The second-order valence-corrected chi connectivity index (χ2v) is 3.49. The Labute approximate surface area is 96.7 Å². The van der Waals surface area contributed by atoms with Crippen molar-refractivity contribution in [2.75, 3.05) is 0 Å². The van der Waals surface area contributed by atoms with Crippen molar-refractivity contribution in [2.24, 2.45) is 16.7 Å². The first-order valence-electron chi connectivity index (χ1n) is 4.91. The van der Waals surface area contributed by atoms with Gasteiger partial charge in [0.05, 0.1) is 0 Å². The fourth-order valence-electron chi connectivity index (χ4n) is 1.55. The van der Waals surface area contributed by atoms with Crippen molar-refractivity contribution >= 4 is 11.5 Å². The van der Waals surface area contributed by atoms with Gasteiger partial charge < -0.3 is 5.73 Å². The van der Waals surface area contributed by atoms with E-state index in [4.69, 9.17) is 11.6 Å². The third kappa shape index (κ3) is 1.83. The molecule has 2 aromatic rings. The molecule has 0 aliphatic rings. The molecule has 0 saturated heterocycles. The number of nitrogens with two attached hydrogens (primary N) is 2. The highest BCUT2D eigenvalue weighted by molar-refractivity contribution is 5.96. The monoisotopic (exact) mass is 232 g/mol. The number of amidine groups is 1. The third-order valence-electron chi connectivity index (χ3n) is 2.39. The molecule has 2 heterocycles. The van der Waals surface area contributed by atoms with E-state index in [0.29, 0.717) is 5.65 Å². The first-order chi connectivity index (χ1) is 8.15. The quantitative estimate of drug-likeness (QED) is 0.268. The first-order valence-corrected chi connectivity index (χ1v) is 4.91. The van der Waals surface area contributed by atoms with Crippen LogP contribution in [0.1, 0.15) is 11.1 Å². The van der Waals surface area contributed by atoms with Gasteiger partial charge in [-0.05, 0) is 18.6 Å². The third-order valence-corrected chi connectivity index (χ3v) is 2.39. The Morgan fingerprint density at radius 3 is 3.06 bits per heavy atom. The molecule has 0 radical (unpaired) electrons. The van der Waals surface area contributed by atoms with E-state index >= 15 is 0 Å². The number of rotatable bonds is 2. The normalized spacial score (nSPS) is 11.8. The molecule has 7 nitrogen and oxygen atoms in total. The van der Waals surface area contributed by atoms with Gasteiger partial charge in [0.25, 0.3) is 5.56 Å². The number of nitrogens with one attached hydrogen (secondary N) is 1. The first kappa shape index (κ1) is 11.1. The number of fused-ring (bicyclic) bond motifs is 1. The summed E-state index contributed by atoms with van der Waals surface area (Å²) in [5.41, 5.74) is 9.05. The summed E-state index contributed by atoms with van der Waals surface area (Å²) in [6.07, 6.45) is 3.02. The van der Waals surface area contributed by atoms with Crippen molar-refractivity contribution in [1.82, 2.24) is 14.9 Å². The molecule has 2 aromatic heterocycles. The summed E-state index contributed by atoms with van der Waals surface area (Å²) in [7, 11) is 0. The average Bonchev–Trinajstić information content (AvgIpc) is 2.31. The van der Waals surface area contributed by atoms with E-state index in [1.165, 1.54) is 10.6 Å². The van der Waals surface area contributed by atoms with Crippen LogP contribution in [-0.4, -0.2) is 15.2 Å². The summed E-state index contributed by atoms with van der Waals surface area (Å²) in [6.45, 7) is 1.88. The summed E-state index contributed by atoms with van der Waals surface area (Å²) < 4.78 is 1.42. The standard InChI is InChI=1S/C10H12N6O/c1-6-3-2-4-16-9(6)13-5-7(10(16)17)8(11)14-15-12/h2-5,15H,12H2,1H3,(H2,11,14). The van der Waals surface area contributed by atoms with Crippen LogP contribution in [0.15, 0.2) is 34.4 Å². The van der Waals surface area contributed by atoms with Gasteiger partial charge in [0.2, 0.25) is 0 Å². The number of hydrogen-bond donors (Lipinski definition) is 3. The van der Waals surface area contributed by atoms with Crippen LogP contribution in [0.5, 0.6) is 0 Å². The minimum absolute atomic E-state index is 0.000839. The van der Waals surface area contributed by atoms with E-state index in [0.717, 1.165) is 5.56 Å². The number of hydrazone groups is 1. The number of aromatic nitrogens is 2. The lowest BCUT2D eigenvalue weighted by atomic mass is 10.2. The maximum absolute atomic E-state index is 12.1. The fraction of sp³-hybridized carbons (Fsp3) is 0.100. The molecule has 7 heteroatoms. The molecule has 0 spiro atoms. The Morgan fingerprint density at radius 2 is 2.35 bits per heavy atom. The van der Waals surface area contributed by atoms with Crippen LogP contribution in [0.25, 0.3) is 5.65 Å². The predicted molar refractivity (Wildman–Crippen MR) is 64.2 cm³/mol. The predicted octanol–water partition coefficient (Wildman–Crippen LogP) is -0.913. The molecule has 0 aliphatic heterocycles. The van der Waals surface area contributed by atoms with E-state index < -0.39 is 0 Å². The molecule has 0 bridgehead atoms. The summed E-state index contributed by atoms with van der Waals surface area (Å²) in [5, 5.41) is 3.55. The Balaban J connectivity index is 2.75. The van der Waals surface area contributed by atoms with Crippen LogP contribution in [-0.2, 0) is 0 Å². The summed E-state index contributed by atoms with van der Waals surface area (Å²) >= 11 is 0. The maximum Gasteiger partial charge on any atom is 0.268 e. The smallest absolute Gasteiger partial charge is 0.268 e. The summed E-state index contributed by atoms with van der Waals surface area (Å²) in [6, 6.07) is 3.64. The largest absolute Gasteiger partial charge is 0.382 e. The Hall–Kier alpha value is -2.41. The van der Waals surface area contributed by atoms with Crippen molar-refractivity contribution < 1.29 is 0 Å². The highest BCUT2D eigenvalue weighted by Gasteiger charge is 2.09. The van der Waals surface area contributed by atoms with Gasteiger partial charge in [-0.2, -0.15) is 0 Å². The van der Waals surface area contributed by atoms with E-state index in [1.807, 2.05) is 18.5 Å². The van der Waals surface area contributed by atoms with E-state index in [-0.39, 0.29) is 17.0 Å². The number of hydrogen-bond acceptors (Lipinski definition) is 5. The van der Waals surface area contributed by atoms with Gasteiger partial charge in [-0.15, -0.1) is 5.10 Å². The SMILES string of the molecule is Cc1cccn2c(=O)c(/C(N)=N/NN)cnc12. The van der Waals surface area contributed by atoms with Gasteiger partial charge in [-0.25, -0.2) is 16.4 Å². The van der Waals surface area contributed by atoms with Crippen LogP contribution in [0.3, 0.4) is 0 Å². The summed E-state index contributed by atoms with van der Waals surface area (Å²) in [5.74, 6) is 5.01. The zero-order valence-corrected chi connectivity index (χ0v) is 9.21. The maximum atomic E-state index is 12.1. The van der Waals surface area contributed by atoms with Gasteiger partial charge >= 0.3 is 0 Å². The van der Waals surface area contributed by atoms with Crippen LogP contribution in [0.2, 0.25) is 0 Å². The minimum Gasteiger partial charge on any atom is -0.382 e. The number of hydrazine groups is 1. The molecule has 0 atom stereocenters. The number of aryl methyl sites for hydroxylation is 1. The van der Waals surface area contributed by atoms with Crippen molar-refractivity contribution in [3.05, 3.63) is 46.0 Å². The topological polar surface area (TPSA) is 111 Å². The van der Waals surface area contributed by atoms with Gasteiger partial charge in [-0.1, -0.05) is 6.07 Å². The van der Waals surface area contributed by atoms with Crippen molar-refractivity contribution in [1.29, 1.82) is 0 Å². The highest BCUT2D eigenvalue weighted by atomic mass is 16.1. The molecular weight excluding hydrogens is 220 g/mol. The lowest BCUT2D eigenvalue weighted by Gasteiger charge is -2.05. The molecule has 0 unspecified atom stereocenters. The molecule has 5 N–H and O–H groups in total. The second kappa shape index (κ2) is 4.22. The molecular formula is C10H12N6O. The zero-order chi connectivity index (χ0) is 12.4. The lowest BCUT2D eigenvalue weighted by molar-refractivity contribution is 0.803. The van der Waals surface area contributed by atoms with E-state index in [2.05, 4.69) is 10.1 Å². The summed E-state index contributed by atoms with van der Waals surface area (Å²) in [4.78, 5) is 16.3. The number of pyridine rings is 1. The Kier molecular flexibility index (Phi) is 2.75. The molecule has 88 valence electrons. The van der Waals surface area contributed by atoms with Crippen LogP contribution in [0, 0.1) is 6.92 Å². The van der Waals surface area contributed by atoms with Crippen molar-refractivity contribution in [3.63, 3.8) is 0 Å². The fourth-order valence-corrected chi connectivity index (χ4v) is 1.55. The molecule has 0 amide bonds. The van der Waals surface area contributed by atoms with Gasteiger partial charge in [0.15, 0.2) is 5.84 Å². The van der Waals surface area contributed by atoms with Gasteiger partial charge in [-0.3, -0.25) is 9.20 Å². The Morgan fingerprint density at radius 1 is 1.59 bits per heavy atom. The highest BCUT2D eigenvalue weighted by Crippen LogP contribution is 2.04. The van der Waals surface area contributed by atoms with Crippen molar-refractivity contribution in [3.8, 4) is 0 Å². The van der Waals surface area contributed by atoms with Crippen LogP contribution in [0.4, 0.5) is 0 Å². The average molecular weight is 232 g/mol. The van der Waals surface area contributed by atoms with Gasteiger partial charge in [0, 0.05) is 12.4 Å². The number of nitrogens with zero attached hydrogens (tertiary/aromatic N) is 3. The van der Waals surface area contributed by atoms with Gasteiger partial charge in [0.1, 0.15) is 11.2 Å². The molecule has 2 rings (SSSR count). The second-order valence-electron chi connectivity index (χ2n) is 3.49. The molecule has 0 fully saturated rings. The molecule has 0 aliphatic carbocycles. The van der Waals surface area contributed by atoms with E-state index in [9.17, 15) is 4.79 Å². The van der Waals surface area contributed by atoms with E-state index in [1.54, 1.807) is 12.3 Å². The molecule has 17 heavy (non-hydrogen) atoms.